The van der Waals surface area contributed by atoms with Gasteiger partial charge in [-0.15, -0.1) is 0 Å². The van der Waals surface area contributed by atoms with Crippen molar-refractivity contribution in [3.8, 4) is 0 Å². The number of allylic oxidation sites excluding steroid dienone is 1. The lowest BCUT2D eigenvalue weighted by Gasteiger charge is -2.01. The monoisotopic (exact) mass is 242 g/mol. The minimum absolute atomic E-state index is 0.237. The van der Waals surface area contributed by atoms with Gasteiger partial charge in [0.2, 0.25) is 5.78 Å². The molecule has 0 radical (unpaired) electrons. The van der Waals surface area contributed by atoms with Crippen LogP contribution < -0.4 is 5.32 Å². The quantitative estimate of drug-likeness (QED) is 0.662. The Balaban J connectivity index is 2.01. The third-order valence-electron chi connectivity index (χ3n) is 2.26. The Bertz CT molecular complexity index is 567. The van der Waals surface area contributed by atoms with Gasteiger partial charge in [0.25, 0.3) is 0 Å². The summed E-state index contributed by atoms with van der Waals surface area (Å²) < 4.78 is 13.2. The van der Waals surface area contributed by atoms with Crippen LogP contribution in [0.5, 0.6) is 0 Å². The van der Waals surface area contributed by atoms with Gasteiger partial charge in [-0.05, 0) is 24.3 Å². The number of hydrogen-bond donors (Lipinski definition) is 1. The summed E-state index contributed by atoms with van der Waals surface area (Å²) in [6, 6.07) is 11.3. The van der Waals surface area contributed by atoms with Crippen molar-refractivity contribution in [2.75, 3.05) is 5.32 Å². The number of nitrogens with one attached hydrogen (secondary N) is 1. The molecule has 0 bridgehead atoms. The summed E-state index contributed by atoms with van der Waals surface area (Å²) in [5, 5.41) is 2.71. The third-order valence-corrected chi connectivity index (χ3v) is 2.26. The second-order valence-corrected chi connectivity index (χ2v) is 3.54. The zero-order valence-corrected chi connectivity index (χ0v) is 9.51. The average Bonchev–Trinajstić information content (AvgIpc) is 2.42. The van der Waals surface area contributed by atoms with E-state index in [1.807, 2.05) is 0 Å². The lowest BCUT2D eigenvalue weighted by molar-refractivity contribution is 0.104. The molecule has 90 valence electrons. The Kier molecular flexibility index (Phi) is 3.81. The van der Waals surface area contributed by atoms with Crippen molar-refractivity contribution >= 4 is 11.5 Å². The summed E-state index contributed by atoms with van der Waals surface area (Å²) in [4.78, 5) is 15.6. The van der Waals surface area contributed by atoms with Gasteiger partial charge in [-0.1, -0.05) is 18.2 Å². The fraction of sp³-hybridized carbons (Fsp3) is 0. The largest absolute Gasteiger partial charge is 0.359 e. The van der Waals surface area contributed by atoms with Crippen molar-refractivity contribution < 1.29 is 9.18 Å². The van der Waals surface area contributed by atoms with Gasteiger partial charge in [0.1, 0.15) is 11.5 Å². The number of halogens is 1. The molecule has 0 saturated heterocycles. The summed E-state index contributed by atoms with van der Waals surface area (Å²) in [5.74, 6) is -0.605. The fourth-order valence-corrected chi connectivity index (χ4v) is 1.38. The topological polar surface area (TPSA) is 42.0 Å². The van der Waals surface area contributed by atoms with E-state index in [2.05, 4.69) is 10.3 Å². The summed E-state index contributed by atoms with van der Waals surface area (Å²) in [6.45, 7) is 0. The molecule has 0 spiro atoms. The van der Waals surface area contributed by atoms with Crippen LogP contribution in [-0.2, 0) is 0 Å². The van der Waals surface area contributed by atoms with Crippen molar-refractivity contribution in [1.29, 1.82) is 0 Å². The second kappa shape index (κ2) is 5.72. The average molecular weight is 242 g/mol. The Morgan fingerprint density at radius 2 is 1.94 bits per heavy atom. The number of pyridine rings is 1. The summed E-state index contributed by atoms with van der Waals surface area (Å²) in [5.41, 5.74) is 0.673. The van der Waals surface area contributed by atoms with Gasteiger partial charge >= 0.3 is 0 Å². The fourth-order valence-electron chi connectivity index (χ4n) is 1.38. The third kappa shape index (κ3) is 3.01. The first-order chi connectivity index (χ1) is 8.77. The molecule has 1 aromatic carbocycles. The number of carbonyl (C=O) groups excluding carboxylic acids is 1. The Morgan fingerprint density at radius 3 is 2.67 bits per heavy atom. The van der Waals surface area contributed by atoms with Gasteiger partial charge in [0, 0.05) is 18.5 Å². The first-order valence-corrected chi connectivity index (χ1v) is 5.40. The lowest BCUT2D eigenvalue weighted by atomic mass is 10.2. The summed E-state index contributed by atoms with van der Waals surface area (Å²) in [6.07, 6.45) is 4.26. The zero-order valence-electron chi connectivity index (χ0n) is 9.51. The molecule has 0 saturated carbocycles. The molecule has 0 aliphatic carbocycles. The first-order valence-electron chi connectivity index (χ1n) is 5.40. The normalized spacial score (nSPS) is 10.5. The molecule has 0 aliphatic heterocycles. The molecule has 1 heterocycles. The number of ketones is 1. The second-order valence-electron chi connectivity index (χ2n) is 3.54. The Morgan fingerprint density at radius 1 is 1.17 bits per heavy atom. The molecule has 2 aromatic rings. The highest BCUT2D eigenvalue weighted by Crippen LogP contribution is 2.12. The van der Waals surface area contributed by atoms with Gasteiger partial charge in [-0.3, -0.25) is 9.78 Å². The molecule has 2 rings (SSSR count). The molecule has 0 aliphatic rings. The van der Waals surface area contributed by atoms with Crippen molar-refractivity contribution in [3.63, 3.8) is 0 Å². The maximum Gasteiger partial charge on any atom is 0.205 e. The molecule has 4 heteroatoms. The smallest absolute Gasteiger partial charge is 0.205 e. The number of rotatable bonds is 4. The standard InChI is InChI=1S/C14H11FN2O/c15-11-5-1-2-6-12(11)17-10-8-14(18)13-7-3-4-9-16-13/h1-10,17H/b10-8-. The zero-order chi connectivity index (χ0) is 12.8. The van der Waals surface area contributed by atoms with E-state index in [9.17, 15) is 9.18 Å². The predicted molar refractivity (Wildman–Crippen MR) is 67.7 cm³/mol. The highest BCUT2D eigenvalue weighted by molar-refractivity contribution is 6.03. The van der Waals surface area contributed by atoms with Crippen LogP contribution in [0.1, 0.15) is 10.5 Å². The van der Waals surface area contributed by atoms with Crippen LogP contribution in [0.25, 0.3) is 0 Å². The molecular formula is C14H11FN2O. The van der Waals surface area contributed by atoms with Crippen LogP contribution >= 0.6 is 0 Å². The van der Waals surface area contributed by atoms with Crippen LogP contribution in [0.3, 0.4) is 0 Å². The van der Waals surface area contributed by atoms with E-state index in [1.165, 1.54) is 18.3 Å². The number of carbonyl (C=O) groups is 1. The maximum absolute atomic E-state index is 13.2. The molecule has 0 fully saturated rings. The number of benzene rings is 1. The number of anilines is 1. The number of nitrogens with zero attached hydrogens (tertiary/aromatic N) is 1. The molecular weight excluding hydrogens is 231 g/mol. The summed E-state index contributed by atoms with van der Waals surface area (Å²) in [7, 11) is 0. The Labute approximate surface area is 104 Å². The molecule has 3 nitrogen and oxygen atoms in total. The van der Waals surface area contributed by atoms with Gasteiger partial charge < -0.3 is 5.32 Å². The van der Waals surface area contributed by atoms with Crippen molar-refractivity contribution in [3.05, 3.63) is 72.4 Å². The van der Waals surface area contributed by atoms with Crippen LogP contribution in [-0.4, -0.2) is 10.8 Å². The van der Waals surface area contributed by atoms with Crippen LogP contribution in [0.15, 0.2) is 60.9 Å². The highest BCUT2D eigenvalue weighted by atomic mass is 19.1. The van der Waals surface area contributed by atoms with E-state index in [4.69, 9.17) is 0 Å². The maximum atomic E-state index is 13.2. The number of para-hydroxylation sites is 1. The first kappa shape index (κ1) is 12.0. The van der Waals surface area contributed by atoms with Crippen LogP contribution in [0.4, 0.5) is 10.1 Å². The van der Waals surface area contributed by atoms with Gasteiger partial charge in [-0.2, -0.15) is 0 Å². The lowest BCUT2D eigenvalue weighted by Crippen LogP contribution is -1.99. The molecule has 18 heavy (non-hydrogen) atoms. The van der Waals surface area contributed by atoms with E-state index in [0.717, 1.165) is 0 Å². The van der Waals surface area contributed by atoms with Crippen molar-refractivity contribution in [1.82, 2.24) is 4.98 Å². The van der Waals surface area contributed by atoms with Crippen molar-refractivity contribution in [2.24, 2.45) is 0 Å². The minimum Gasteiger partial charge on any atom is -0.359 e. The van der Waals surface area contributed by atoms with Crippen molar-refractivity contribution in [2.45, 2.75) is 0 Å². The van der Waals surface area contributed by atoms with Gasteiger partial charge in [0.05, 0.1) is 5.69 Å². The van der Waals surface area contributed by atoms with E-state index in [1.54, 1.807) is 42.6 Å². The number of hydrogen-bond acceptors (Lipinski definition) is 3. The van der Waals surface area contributed by atoms with Crippen LogP contribution in [0.2, 0.25) is 0 Å². The van der Waals surface area contributed by atoms with E-state index in [0.29, 0.717) is 11.4 Å². The Hall–Kier alpha value is -2.49. The van der Waals surface area contributed by atoms with E-state index >= 15 is 0 Å². The summed E-state index contributed by atoms with van der Waals surface area (Å²) >= 11 is 0. The van der Waals surface area contributed by atoms with Crippen LogP contribution in [0, 0.1) is 5.82 Å². The predicted octanol–water partition coefficient (Wildman–Crippen LogP) is 3.03. The molecule has 1 aromatic heterocycles. The molecule has 0 unspecified atom stereocenters. The van der Waals surface area contributed by atoms with Gasteiger partial charge in [-0.25, -0.2) is 4.39 Å². The highest BCUT2D eigenvalue weighted by Gasteiger charge is 2.01. The molecule has 1 N–H and O–H groups in total. The molecule has 0 atom stereocenters. The molecule has 0 amide bonds. The van der Waals surface area contributed by atoms with E-state index in [-0.39, 0.29) is 11.6 Å². The van der Waals surface area contributed by atoms with E-state index < -0.39 is 0 Å². The SMILES string of the molecule is O=C(/C=C\Nc1ccccc1F)c1ccccn1. The van der Waals surface area contributed by atoms with Gasteiger partial charge in [0.15, 0.2) is 0 Å². The minimum atomic E-state index is -0.368. The number of aromatic nitrogens is 1.